The molecule has 1 amide bonds. The molecule has 0 radical (unpaired) electrons. The largest absolute Gasteiger partial charge is 0.378 e. The van der Waals surface area contributed by atoms with E-state index in [1.165, 1.54) is 28.7 Å². The average molecular weight is 389 g/mol. The fraction of sp³-hybridized carbons (Fsp3) is 0.294. The maximum Gasteiger partial charge on any atom is 0.236 e. The average Bonchev–Trinajstić information content (AvgIpc) is 3.18. The van der Waals surface area contributed by atoms with Crippen LogP contribution in [-0.2, 0) is 18.4 Å². The van der Waals surface area contributed by atoms with E-state index in [2.05, 4.69) is 44.9 Å². The molecule has 0 aliphatic rings. The second-order valence-electron chi connectivity index (χ2n) is 5.79. The van der Waals surface area contributed by atoms with Gasteiger partial charge in [-0.2, -0.15) is 0 Å². The molecule has 1 aromatic carbocycles. The predicted molar refractivity (Wildman–Crippen MR) is 106 cm³/mol. The predicted octanol–water partition coefficient (Wildman–Crippen LogP) is 3.23. The summed E-state index contributed by atoms with van der Waals surface area (Å²) in [7, 11) is 1.90. The minimum absolute atomic E-state index is 0.105. The van der Waals surface area contributed by atoms with E-state index in [4.69, 9.17) is 0 Å². The van der Waals surface area contributed by atoms with Crippen molar-refractivity contribution in [3.63, 3.8) is 0 Å². The second-order valence-corrected chi connectivity index (χ2v) is 7.97. The Labute approximate surface area is 160 Å². The number of nitrogens with zero attached hydrogens (tertiary/aromatic N) is 4. The maximum absolute atomic E-state index is 12.0. The third kappa shape index (κ3) is 4.83. The SMILES string of the molecule is Cc1ccc(NCc2nnc(SCC(=O)Nc3ncc(C)s3)n2C)cc1. The van der Waals surface area contributed by atoms with Crippen molar-refractivity contribution >= 4 is 39.8 Å². The van der Waals surface area contributed by atoms with E-state index < -0.39 is 0 Å². The standard InChI is InChI=1S/C17H20N6OS2/c1-11-4-6-13(7-5-11)18-9-14-21-22-17(23(14)3)25-10-15(24)20-16-19-8-12(2)26-16/h4-8,18H,9-10H2,1-3H3,(H,19,20,24). The number of nitrogens with one attached hydrogen (secondary N) is 2. The number of carbonyl (C=O) groups is 1. The van der Waals surface area contributed by atoms with Crippen LogP contribution in [-0.4, -0.2) is 31.4 Å². The van der Waals surface area contributed by atoms with Crippen LogP contribution in [0.15, 0.2) is 35.6 Å². The van der Waals surface area contributed by atoms with Crippen molar-refractivity contribution < 1.29 is 4.79 Å². The first-order valence-corrected chi connectivity index (χ1v) is 9.85. The summed E-state index contributed by atoms with van der Waals surface area (Å²) in [5, 5.41) is 15.8. The molecule has 0 unspecified atom stereocenters. The lowest BCUT2D eigenvalue weighted by atomic mass is 10.2. The van der Waals surface area contributed by atoms with E-state index in [0.717, 1.165) is 16.4 Å². The molecule has 0 spiro atoms. The quantitative estimate of drug-likeness (QED) is 0.605. The Morgan fingerprint density at radius 3 is 2.69 bits per heavy atom. The van der Waals surface area contributed by atoms with Gasteiger partial charge in [0.25, 0.3) is 0 Å². The van der Waals surface area contributed by atoms with Crippen LogP contribution in [0.3, 0.4) is 0 Å². The summed E-state index contributed by atoms with van der Waals surface area (Å²) in [6.45, 7) is 4.58. The van der Waals surface area contributed by atoms with Gasteiger partial charge in [-0.05, 0) is 26.0 Å². The summed E-state index contributed by atoms with van der Waals surface area (Å²) in [6, 6.07) is 8.18. The molecule has 26 heavy (non-hydrogen) atoms. The maximum atomic E-state index is 12.0. The zero-order chi connectivity index (χ0) is 18.5. The van der Waals surface area contributed by atoms with Gasteiger partial charge < -0.3 is 15.2 Å². The van der Waals surface area contributed by atoms with E-state index in [9.17, 15) is 4.79 Å². The number of benzene rings is 1. The Kier molecular flexibility index (Phi) is 5.89. The molecule has 0 saturated heterocycles. The summed E-state index contributed by atoms with van der Waals surface area (Å²) < 4.78 is 1.90. The van der Waals surface area contributed by atoms with Crippen molar-refractivity contribution in [1.29, 1.82) is 0 Å². The van der Waals surface area contributed by atoms with Crippen molar-refractivity contribution in [2.24, 2.45) is 7.05 Å². The Hall–Kier alpha value is -2.39. The van der Waals surface area contributed by atoms with Crippen LogP contribution in [0.5, 0.6) is 0 Å². The Morgan fingerprint density at radius 2 is 2.00 bits per heavy atom. The van der Waals surface area contributed by atoms with Gasteiger partial charge in [0.2, 0.25) is 5.91 Å². The van der Waals surface area contributed by atoms with E-state index in [-0.39, 0.29) is 11.7 Å². The minimum atomic E-state index is -0.105. The molecule has 136 valence electrons. The highest BCUT2D eigenvalue weighted by Crippen LogP contribution is 2.19. The molecule has 3 aromatic rings. The number of rotatable bonds is 7. The van der Waals surface area contributed by atoms with Gasteiger partial charge in [-0.15, -0.1) is 21.5 Å². The summed E-state index contributed by atoms with van der Waals surface area (Å²) >= 11 is 2.81. The minimum Gasteiger partial charge on any atom is -0.378 e. The van der Waals surface area contributed by atoms with Crippen LogP contribution >= 0.6 is 23.1 Å². The highest BCUT2D eigenvalue weighted by atomic mass is 32.2. The highest BCUT2D eigenvalue weighted by molar-refractivity contribution is 7.99. The van der Waals surface area contributed by atoms with Crippen molar-refractivity contribution in [2.75, 3.05) is 16.4 Å². The first-order valence-electron chi connectivity index (χ1n) is 8.05. The van der Waals surface area contributed by atoms with Crippen LogP contribution in [0, 0.1) is 13.8 Å². The van der Waals surface area contributed by atoms with Crippen molar-refractivity contribution in [2.45, 2.75) is 25.5 Å². The summed E-state index contributed by atoms with van der Waals surface area (Å²) in [4.78, 5) is 17.2. The second kappa shape index (κ2) is 8.33. The van der Waals surface area contributed by atoms with E-state index in [1.807, 2.05) is 30.7 Å². The lowest BCUT2D eigenvalue weighted by molar-refractivity contribution is -0.113. The van der Waals surface area contributed by atoms with Gasteiger partial charge in [0, 0.05) is 23.8 Å². The molecule has 2 heterocycles. The molecule has 0 saturated carbocycles. The molecule has 0 aliphatic carbocycles. The molecule has 0 aliphatic heterocycles. The molecule has 9 heteroatoms. The number of aromatic nitrogens is 4. The third-order valence-electron chi connectivity index (χ3n) is 3.63. The summed E-state index contributed by atoms with van der Waals surface area (Å²) in [5.74, 6) is 0.964. The van der Waals surface area contributed by atoms with Gasteiger partial charge >= 0.3 is 0 Å². The van der Waals surface area contributed by atoms with Gasteiger partial charge in [-0.3, -0.25) is 4.79 Å². The molecular formula is C17H20N6OS2. The number of thioether (sulfide) groups is 1. The number of aryl methyl sites for hydroxylation is 2. The smallest absolute Gasteiger partial charge is 0.236 e. The molecule has 2 N–H and O–H groups in total. The van der Waals surface area contributed by atoms with Crippen LogP contribution in [0.1, 0.15) is 16.3 Å². The van der Waals surface area contributed by atoms with E-state index >= 15 is 0 Å². The molecular weight excluding hydrogens is 368 g/mol. The van der Waals surface area contributed by atoms with Gasteiger partial charge in [-0.25, -0.2) is 4.98 Å². The molecule has 2 aromatic heterocycles. The van der Waals surface area contributed by atoms with Gasteiger partial charge in [0.1, 0.15) is 0 Å². The number of hydrogen-bond acceptors (Lipinski definition) is 7. The fourth-order valence-electron chi connectivity index (χ4n) is 2.18. The Morgan fingerprint density at radius 1 is 1.23 bits per heavy atom. The van der Waals surface area contributed by atoms with Gasteiger partial charge in [-0.1, -0.05) is 29.5 Å². The van der Waals surface area contributed by atoms with E-state index in [1.54, 1.807) is 6.20 Å². The number of amides is 1. The first-order chi connectivity index (χ1) is 12.5. The number of carbonyl (C=O) groups excluding carboxylic acids is 1. The molecule has 3 rings (SSSR count). The summed E-state index contributed by atoms with van der Waals surface area (Å²) in [5.41, 5.74) is 2.25. The van der Waals surface area contributed by atoms with Crippen LogP contribution < -0.4 is 10.6 Å². The van der Waals surface area contributed by atoms with Crippen LogP contribution in [0.25, 0.3) is 0 Å². The van der Waals surface area contributed by atoms with Crippen LogP contribution in [0.4, 0.5) is 10.8 Å². The van der Waals surface area contributed by atoms with Crippen molar-refractivity contribution in [3.05, 3.63) is 46.7 Å². The monoisotopic (exact) mass is 388 g/mol. The summed E-state index contributed by atoms with van der Waals surface area (Å²) in [6.07, 6.45) is 1.74. The highest BCUT2D eigenvalue weighted by Gasteiger charge is 2.12. The normalized spacial score (nSPS) is 10.7. The van der Waals surface area contributed by atoms with Crippen molar-refractivity contribution in [1.82, 2.24) is 19.7 Å². The zero-order valence-corrected chi connectivity index (χ0v) is 16.4. The third-order valence-corrected chi connectivity index (χ3v) is 5.48. The molecule has 0 atom stereocenters. The van der Waals surface area contributed by atoms with Gasteiger partial charge in [0.05, 0.1) is 12.3 Å². The molecule has 0 bridgehead atoms. The Bertz CT molecular complexity index is 887. The van der Waals surface area contributed by atoms with Crippen molar-refractivity contribution in [3.8, 4) is 0 Å². The fourth-order valence-corrected chi connectivity index (χ4v) is 3.59. The number of anilines is 2. The number of thiazole rings is 1. The van der Waals surface area contributed by atoms with Gasteiger partial charge in [0.15, 0.2) is 16.1 Å². The molecule has 7 nitrogen and oxygen atoms in total. The molecule has 0 fully saturated rings. The topological polar surface area (TPSA) is 84.7 Å². The van der Waals surface area contributed by atoms with Crippen LogP contribution in [0.2, 0.25) is 0 Å². The van der Waals surface area contributed by atoms with E-state index in [0.29, 0.717) is 16.8 Å². The lowest BCUT2D eigenvalue weighted by Crippen LogP contribution is -2.14. The zero-order valence-electron chi connectivity index (χ0n) is 14.8. The Balaban J connectivity index is 1.51. The number of hydrogen-bond donors (Lipinski definition) is 2. The first kappa shape index (κ1) is 18.4. The lowest BCUT2D eigenvalue weighted by Gasteiger charge is -2.07.